The maximum Gasteiger partial charge on any atom is 0.0757 e. The van der Waals surface area contributed by atoms with E-state index in [1.54, 1.807) is 0 Å². The van der Waals surface area contributed by atoms with Crippen molar-refractivity contribution >= 4 is 0 Å². The average Bonchev–Trinajstić information content (AvgIpc) is 1.88. The largest absolute Gasteiger partial charge is 0.396 e. The minimum atomic E-state index is -0.200. The lowest BCUT2D eigenvalue weighted by atomic mass is 9.81. The van der Waals surface area contributed by atoms with Crippen LogP contribution in [0.15, 0.2) is 0 Å². The molecule has 0 rings (SSSR count). The maximum atomic E-state index is 8.95. The van der Waals surface area contributed by atoms with Crippen LogP contribution in [0.4, 0.5) is 0 Å². The molecule has 0 aliphatic rings. The highest BCUT2D eigenvalue weighted by atomic mass is 16.6. The van der Waals surface area contributed by atoms with Gasteiger partial charge >= 0.3 is 0 Å². The Kier molecular flexibility index (Phi) is 3.86. The fourth-order valence-corrected chi connectivity index (χ4v) is 0.585. The lowest BCUT2D eigenvalue weighted by molar-refractivity contribution is -0.0111. The number of aliphatic hydroxyl groups excluding tert-OH is 1. The predicted molar refractivity (Wildman–Crippen MR) is 40.2 cm³/mol. The highest BCUT2D eigenvalue weighted by molar-refractivity contribution is 4.75. The lowest BCUT2D eigenvalue weighted by Gasteiger charge is -2.29. The second kappa shape index (κ2) is 3.91. The van der Waals surface area contributed by atoms with Crippen LogP contribution in [-0.2, 0) is 4.84 Å². The zero-order valence-corrected chi connectivity index (χ0v) is 6.92. The molecule has 0 radical (unpaired) electrons. The SMILES string of the molecule is CC(C)C(C)(CO)CON. The van der Waals surface area contributed by atoms with Gasteiger partial charge in [0.15, 0.2) is 0 Å². The molecule has 0 heterocycles. The molecule has 0 aliphatic carbocycles. The summed E-state index contributed by atoms with van der Waals surface area (Å²) in [5.41, 5.74) is -0.200. The van der Waals surface area contributed by atoms with E-state index >= 15 is 0 Å². The Morgan fingerprint density at radius 2 is 2.10 bits per heavy atom. The van der Waals surface area contributed by atoms with Crippen molar-refractivity contribution in [3.8, 4) is 0 Å². The van der Waals surface area contributed by atoms with Gasteiger partial charge in [-0.15, -0.1) is 0 Å². The molecule has 0 spiro atoms. The Morgan fingerprint density at radius 1 is 1.60 bits per heavy atom. The van der Waals surface area contributed by atoms with E-state index in [4.69, 9.17) is 11.0 Å². The van der Waals surface area contributed by atoms with Crippen LogP contribution in [0.25, 0.3) is 0 Å². The van der Waals surface area contributed by atoms with E-state index in [0.29, 0.717) is 12.5 Å². The number of aliphatic hydroxyl groups is 1. The zero-order valence-electron chi connectivity index (χ0n) is 6.92. The van der Waals surface area contributed by atoms with Crippen LogP contribution >= 0.6 is 0 Å². The molecule has 0 aromatic carbocycles. The van der Waals surface area contributed by atoms with E-state index in [1.807, 2.05) is 20.8 Å². The first-order valence-electron chi connectivity index (χ1n) is 3.49. The van der Waals surface area contributed by atoms with E-state index in [2.05, 4.69) is 4.84 Å². The maximum absolute atomic E-state index is 8.95. The molecule has 1 atom stereocenters. The van der Waals surface area contributed by atoms with E-state index in [0.717, 1.165) is 0 Å². The molecule has 10 heavy (non-hydrogen) atoms. The Hall–Kier alpha value is -0.120. The molecule has 3 heteroatoms. The van der Waals surface area contributed by atoms with Crippen molar-refractivity contribution in [2.75, 3.05) is 13.2 Å². The summed E-state index contributed by atoms with van der Waals surface area (Å²) in [5.74, 6) is 5.29. The van der Waals surface area contributed by atoms with Crippen molar-refractivity contribution in [1.82, 2.24) is 0 Å². The molecule has 0 aromatic heterocycles. The summed E-state index contributed by atoms with van der Waals surface area (Å²) in [7, 11) is 0. The summed E-state index contributed by atoms with van der Waals surface area (Å²) >= 11 is 0. The Bertz CT molecular complexity index is 95.6. The van der Waals surface area contributed by atoms with Gasteiger partial charge in [-0.1, -0.05) is 20.8 Å². The average molecular weight is 147 g/mol. The fraction of sp³-hybridized carbons (Fsp3) is 1.00. The smallest absolute Gasteiger partial charge is 0.0757 e. The molecule has 0 fully saturated rings. The molecule has 1 unspecified atom stereocenters. The molecule has 0 amide bonds. The Balaban J connectivity index is 3.94. The van der Waals surface area contributed by atoms with Crippen LogP contribution in [0.2, 0.25) is 0 Å². The number of nitrogens with two attached hydrogens (primary N) is 1. The summed E-state index contributed by atoms with van der Waals surface area (Å²) < 4.78 is 0. The standard InChI is InChI=1S/C7H17NO2/c1-6(2)7(3,4-9)5-10-8/h6,9H,4-5,8H2,1-3H3. The number of hydrogen-bond donors (Lipinski definition) is 2. The molecule has 0 saturated heterocycles. The molecular weight excluding hydrogens is 130 g/mol. The van der Waals surface area contributed by atoms with E-state index in [9.17, 15) is 0 Å². The topological polar surface area (TPSA) is 55.5 Å². The molecule has 3 nitrogen and oxygen atoms in total. The van der Waals surface area contributed by atoms with Crippen LogP contribution in [0.5, 0.6) is 0 Å². The molecular formula is C7H17NO2. The molecule has 0 saturated carbocycles. The first-order chi connectivity index (χ1) is 4.56. The molecule has 0 bridgehead atoms. The van der Waals surface area contributed by atoms with Crippen molar-refractivity contribution in [2.45, 2.75) is 20.8 Å². The van der Waals surface area contributed by atoms with E-state index in [1.165, 1.54) is 0 Å². The predicted octanol–water partition coefficient (Wildman–Crippen LogP) is 0.531. The van der Waals surface area contributed by atoms with Gasteiger partial charge in [0.1, 0.15) is 0 Å². The minimum Gasteiger partial charge on any atom is -0.396 e. The Morgan fingerprint density at radius 3 is 2.20 bits per heavy atom. The van der Waals surface area contributed by atoms with Gasteiger partial charge in [-0.25, -0.2) is 5.90 Å². The van der Waals surface area contributed by atoms with Gasteiger partial charge in [-0.3, -0.25) is 0 Å². The van der Waals surface area contributed by atoms with Gasteiger partial charge in [-0.05, 0) is 5.92 Å². The van der Waals surface area contributed by atoms with Gasteiger partial charge in [0.2, 0.25) is 0 Å². The van der Waals surface area contributed by atoms with Crippen molar-refractivity contribution in [3.63, 3.8) is 0 Å². The summed E-state index contributed by atoms with van der Waals surface area (Å²) in [4.78, 5) is 4.50. The van der Waals surface area contributed by atoms with Crippen LogP contribution in [0.1, 0.15) is 20.8 Å². The number of hydrogen-bond acceptors (Lipinski definition) is 3. The normalized spacial score (nSPS) is 17.4. The van der Waals surface area contributed by atoms with Crippen LogP contribution in [0, 0.1) is 11.3 Å². The minimum absolute atomic E-state index is 0.113. The second-order valence-corrected chi connectivity index (χ2v) is 3.28. The van der Waals surface area contributed by atoms with E-state index < -0.39 is 0 Å². The van der Waals surface area contributed by atoms with Crippen molar-refractivity contribution in [2.24, 2.45) is 17.2 Å². The van der Waals surface area contributed by atoms with Gasteiger partial charge in [-0.2, -0.15) is 0 Å². The first kappa shape index (κ1) is 9.88. The van der Waals surface area contributed by atoms with Crippen molar-refractivity contribution < 1.29 is 9.94 Å². The van der Waals surface area contributed by atoms with E-state index in [-0.39, 0.29) is 12.0 Å². The number of rotatable bonds is 4. The quantitative estimate of drug-likeness (QED) is 0.570. The van der Waals surface area contributed by atoms with Crippen molar-refractivity contribution in [3.05, 3.63) is 0 Å². The third-order valence-electron chi connectivity index (χ3n) is 2.17. The lowest BCUT2D eigenvalue weighted by Crippen LogP contribution is -2.34. The second-order valence-electron chi connectivity index (χ2n) is 3.28. The van der Waals surface area contributed by atoms with Gasteiger partial charge in [0, 0.05) is 5.41 Å². The molecule has 3 N–H and O–H groups in total. The Labute approximate surface area is 62.1 Å². The summed E-state index contributed by atoms with van der Waals surface area (Å²) in [6.45, 7) is 6.54. The van der Waals surface area contributed by atoms with Gasteiger partial charge < -0.3 is 9.94 Å². The third kappa shape index (κ3) is 2.25. The first-order valence-corrected chi connectivity index (χ1v) is 3.49. The van der Waals surface area contributed by atoms with Crippen LogP contribution in [-0.4, -0.2) is 18.3 Å². The summed E-state index contributed by atoms with van der Waals surface area (Å²) in [6.07, 6.45) is 0. The van der Waals surface area contributed by atoms with Crippen LogP contribution in [0.3, 0.4) is 0 Å². The van der Waals surface area contributed by atoms with Gasteiger partial charge in [0.05, 0.1) is 13.2 Å². The zero-order chi connectivity index (χ0) is 8.20. The highest BCUT2D eigenvalue weighted by Crippen LogP contribution is 2.25. The van der Waals surface area contributed by atoms with Crippen LogP contribution < -0.4 is 5.90 Å². The molecule has 0 aliphatic heterocycles. The summed E-state index contributed by atoms with van der Waals surface area (Å²) in [5, 5.41) is 8.95. The van der Waals surface area contributed by atoms with Gasteiger partial charge in [0.25, 0.3) is 0 Å². The fourth-order valence-electron chi connectivity index (χ4n) is 0.585. The molecule has 62 valence electrons. The monoisotopic (exact) mass is 147 g/mol. The third-order valence-corrected chi connectivity index (χ3v) is 2.17. The molecule has 0 aromatic rings. The van der Waals surface area contributed by atoms with Crippen molar-refractivity contribution in [1.29, 1.82) is 0 Å². The summed E-state index contributed by atoms with van der Waals surface area (Å²) in [6, 6.07) is 0. The highest BCUT2D eigenvalue weighted by Gasteiger charge is 2.27.